The van der Waals surface area contributed by atoms with Gasteiger partial charge < -0.3 is 15.6 Å². The maximum atomic E-state index is 11.7. The van der Waals surface area contributed by atoms with Crippen molar-refractivity contribution in [1.82, 2.24) is 25.3 Å². The summed E-state index contributed by atoms with van der Waals surface area (Å²) in [5, 5.41) is 5.60. The van der Waals surface area contributed by atoms with Crippen LogP contribution in [-0.2, 0) is 6.42 Å². The zero-order valence-corrected chi connectivity index (χ0v) is 9.97. The van der Waals surface area contributed by atoms with Crippen LogP contribution in [0.1, 0.15) is 16.2 Å². The monoisotopic (exact) mass is 246 g/mol. The minimum absolute atomic E-state index is 0.232. The molecule has 0 aliphatic rings. The molecule has 0 saturated heterocycles. The number of rotatable bonds is 5. The second-order valence-corrected chi connectivity index (χ2v) is 3.62. The van der Waals surface area contributed by atoms with Gasteiger partial charge >= 0.3 is 0 Å². The molecule has 94 valence electrons. The van der Waals surface area contributed by atoms with Crippen molar-refractivity contribution in [2.45, 2.75) is 6.42 Å². The van der Waals surface area contributed by atoms with E-state index in [1.807, 2.05) is 0 Å². The normalized spacial score (nSPS) is 10.1. The predicted octanol–water partition coefficient (Wildman–Crippen LogP) is 0.214. The quantitative estimate of drug-likeness (QED) is 0.701. The first-order chi connectivity index (χ1) is 8.79. The molecule has 7 heteroatoms. The molecular weight excluding hydrogens is 232 g/mol. The lowest BCUT2D eigenvalue weighted by molar-refractivity contribution is 0.0948. The first-order valence-electron chi connectivity index (χ1n) is 5.55. The third-order valence-electron chi connectivity index (χ3n) is 2.38. The van der Waals surface area contributed by atoms with Crippen LogP contribution in [0.2, 0.25) is 0 Å². The number of anilines is 1. The Balaban J connectivity index is 1.83. The van der Waals surface area contributed by atoms with E-state index in [9.17, 15) is 4.79 Å². The minimum Gasteiger partial charge on any atom is -0.372 e. The molecule has 0 aliphatic carbocycles. The summed E-state index contributed by atoms with van der Waals surface area (Å²) >= 11 is 0. The molecule has 0 aliphatic heterocycles. The zero-order valence-electron chi connectivity index (χ0n) is 9.97. The van der Waals surface area contributed by atoms with Gasteiger partial charge in [-0.1, -0.05) is 0 Å². The van der Waals surface area contributed by atoms with Crippen molar-refractivity contribution in [2.24, 2.45) is 0 Å². The van der Waals surface area contributed by atoms with Crippen LogP contribution in [-0.4, -0.2) is 39.4 Å². The second kappa shape index (κ2) is 5.76. The van der Waals surface area contributed by atoms with Crippen molar-refractivity contribution in [3.8, 4) is 0 Å². The highest BCUT2D eigenvalue weighted by molar-refractivity contribution is 5.91. The molecule has 0 aromatic carbocycles. The van der Waals surface area contributed by atoms with Crippen molar-refractivity contribution in [3.05, 3.63) is 36.3 Å². The lowest BCUT2D eigenvalue weighted by Crippen LogP contribution is -2.26. The van der Waals surface area contributed by atoms with Crippen molar-refractivity contribution < 1.29 is 4.79 Å². The number of H-pyrrole nitrogens is 1. The number of imidazole rings is 1. The number of aromatic amines is 1. The average molecular weight is 246 g/mol. The van der Waals surface area contributed by atoms with E-state index in [1.54, 1.807) is 19.6 Å². The van der Waals surface area contributed by atoms with Crippen LogP contribution in [0.3, 0.4) is 0 Å². The summed E-state index contributed by atoms with van der Waals surface area (Å²) in [6.45, 7) is 0.524. The molecule has 2 heterocycles. The van der Waals surface area contributed by atoms with Crippen LogP contribution >= 0.6 is 0 Å². The van der Waals surface area contributed by atoms with Crippen molar-refractivity contribution in [1.29, 1.82) is 0 Å². The van der Waals surface area contributed by atoms with Crippen molar-refractivity contribution in [3.63, 3.8) is 0 Å². The number of hydrogen-bond donors (Lipinski definition) is 3. The molecule has 2 aromatic heterocycles. The van der Waals surface area contributed by atoms with Gasteiger partial charge in [-0.3, -0.25) is 4.79 Å². The van der Waals surface area contributed by atoms with E-state index >= 15 is 0 Å². The van der Waals surface area contributed by atoms with Gasteiger partial charge in [0.05, 0.1) is 18.7 Å². The summed E-state index contributed by atoms with van der Waals surface area (Å²) in [4.78, 5) is 26.6. The summed E-state index contributed by atoms with van der Waals surface area (Å²) in [6.07, 6.45) is 7.00. The van der Waals surface area contributed by atoms with Crippen LogP contribution in [0.4, 0.5) is 5.82 Å². The van der Waals surface area contributed by atoms with Crippen LogP contribution in [0.15, 0.2) is 24.9 Å². The first-order valence-corrected chi connectivity index (χ1v) is 5.55. The largest absolute Gasteiger partial charge is 0.372 e. The summed E-state index contributed by atoms with van der Waals surface area (Å²) in [5.74, 6) is 0.397. The van der Waals surface area contributed by atoms with Crippen LogP contribution < -0.4 is 10.6 Å². The summed E-state index contributed by atoms with van der Waals surface area (Å²) < 4.78 is 0. The fourth-order valence-corrected chi connectivity index (χ4v) is 1.40. The fourth-order valence-electron chi connectivity index (χ4n) is 1.40. The van der Waals surface area contributed by atoms with E-state index in [2.05, 4.69) is 30.6 Å². The molecule has 3 N–H and O–H groups in total. The predicted molar refractivity (Wildman–Crippen MR) is 66.2 cm³/mol. The van der Waals surface area contributed by atoms with E-state index in [1.165, 1.54) is 12.4 Å². The lowest BCUT2D eigenvalue weighted by Gasteiger charge is -2.04. The van der Waals surface area contributed by atoms with Gasteiger partial charge in [0, 0.05) is 31.9 Å². The molecule has 0 bridgehead atoms. The Bertz CT molecular complexity index is 493. The van der Waals surface area contributed by atoms with Crippen LogP contribution in [0.5, 0.6) is 0 Å². The number of hydrogen-bond acceptors (Lipinski definition) is 5. The number of nitrogens with one attached hydrogen (secondary N) is 3. The van der Waals surface area contributed by atoms with Crippen LogP contribution in [0.25, 0.3) is 0 Å². The molecule has 2 rings (SSSR count). The third-order valence-corrected chi connectivity index (χ3v) is 2.38. The summed E-state index contributed by atoms with van der Waals surface area (Å²) in [5.41, 5.74) is 1.28. The van der Waals surface area contributed by atoms with Gasteiger partial charge in [-0.25, -0.2) is 15.0 Å². The van der Waals surface area contributed by atoms with Gasteiger partial charge in [0.15, 0.2) is 0 Å². The Morgan fingerprint density at radius 1 is 1.33 bits per heavy atom. The second-order valence-electron chi connectivity index (χ2n) is 3.62. The number of aromatic nitrogens is 4. The zero-order chi connectivity index (χ0) is 12.8. The first kappa shape index (κ1) is 12.0. The number of nitrogens with zero attached hydrogens (tertiary/aromatic N) is 3. The maximum Gasteiger partial charge on any atom is 0.271 e. The molecule has 0 atom stereocenters. The summed E-state index contributed by atoms with van der Waals surface area (Å²) in [7, 11) is 1.74. The highest BCUT2D eigenvalue weighted by atomic mass is 16.1. The molecule has 1 amide bonds. The highest BCUT2D eigenvalue weighted by Gasteiger charge is 2.07. The van der Waals surface area contributed by atoms with E-state index in [0.717, 1.165) is 5.69 Å². The Hall–Kier alpha value is -2.44. The molecule has 0 radical (unpaired) electrons. The Morgan fingerprint density at radius 3 is 2.83 bits per heavy atom. The molecular formula is C11H14N6O. The molecule has 0 spiro atoms. The van der Waals surface area contributed by atoms with Gasteiger partial charge in [-0.05, 0) is 0 Å². The van der Waals surface area contributed by atoms with E-state index < -0.39 is 0 Å². The maximum absolute atomic E-state index is 11.7. The SMILES string of the molecule is CNc1cnc(C(=O)NCCc2cnc[nH]2)cn1. The van der Waals surface area contributed by atoms with Crippen molar-refractivity contribution >= 4 is 11.7 Å². The van der Waals surface area contributed by atoms with E-state index in [4.69, 9.17) is 0 Å². The van der Waals surface area contributed by atoms with Gasteiger partial charge in [-0.2, -0.15) is 0 Å². The Labute approximate surface area is 104 Å². The van der Waals surface area contributed by atoms with Gasteiger partial charge in [0.2, 0.25) is 0 Å². The van der Waals surface area contributed by atoms with Gasteiger partial charge in [0.1, 0.15) is 11.5 Å². The molecule has 18 heavy (non-hydrogen) atoms. The fraction of sp³-hybridized carbons (Fsp3) is 0.273. The molecule has 2 aromatic rings. The number of amides is 1. The van der Waals surface area contributed by atoms with Gasteiger partial charge in [0.25, 0.3) is 5.91 Å². The number of carbonyl (C=O) groups excluding carboxylic acids is 1. The molecule has 0 saturated carbocycles. The molecule has 7 nitrogen and oxygen atoms in total. The third kappa shape index (κ3) is 3.03. The topological polar surface area (TPSA) is 95.6 Å². The number of carbonyl (C=O) groups is 1. The lowest BCUT2D eigenvalue weighted by atomic mass is 10.3. The Morgan fingerprint density at radius 2 is 2.22 bits per heavy atom. The summed E-state index contributed by atoms with van der Waals surface area (Å²) in [6, 6.07) is 0. The molecule has 0 unspecified atom stereocenters. The Kier molecular flexibility index (Phi) is 3.85. The average Bonchev–Trinajstić information content (AvgIpc) is 2.92. The van der Waals surface area contributed by atoms with Crippen molar-refractivity contribution in [2.75, 3.05) is 18.9 Å². The minimum atomic E-state index is -0.232. The highest BCUT2D eigenvalue weighted by Crippen LogP contribution is 1.99. The standard InChI is InChI=1S/C11H14N6O/c1-12-10-6-15-9(5-16-10)11(18)14-3-2-8-4-13-7-17-8/h4-7H,2-3H2,1H3,(H,12,16)(H,13,17)(H,14,18). The van der Waals surface area contributed by atoms with Gasteiger partial charge in [-0.15, -0.1) is 0 Å². The van der Waals surface area contributed by atoms with E-state index in [-0.39, 0.29) is 5.91 Å². The molecule has 0 fully saturated rings. The smallest absolute Gasteiger partial charge is 0.271 e. The van der Waals surface area contributed by atoms with Crippen LogP contribution in [0, 0.1) is 0 Å². The van der Waals surface area contributed by atoms with E-state index in [0.29, 0.717) is 24.5 Å².